The van der Waals surface area contributed by atoms with Gasteiger partial charge in [-0.1, -0.05) is 35.9 Å². The van der Waals surface area contributed by atoms with Crippen molar-refractivity contribution >= 4 is 17.5 Å². The number of rotatable bonds is 6. The van der Waals surface area contributed by atoms with E-state index in [4.69, 9.17) is 11.6 Å². The molecule has 1 aromatic carbocycles. The second kappa shape index (κ2) is 8.08. The highest BCUT2D eigenvalue weighted by molar-refractivity contribution is 6.30. The van der Waals surface area contributed by atoms with Crippen LogP contribution in [0.5, 0.6) is 0 Å². The summed E-state index contributed by atoms with van der Waals surface area (Å²) < 4.78 is 0. The first kappa shape index (κ1) is 16.7. The van der Waals surface area contributed by atoms with E-state index in [0.29, 0.717) is 13.1 Å². The van der Waals surface area contributed by atoms with Crippen LogP contribution < -0.4 is 5.32 Å². The number of carbonyl (C=O) groups is 1. The molecule has 0 bridgehead atoms. The van der Waals surface area contributed by atoms with Crippen molar-refractivity contribution in [2.24, 2.45) is 0 Å². The summed E-state index contributed by atoms with van der Waals surface area (Å²) in [4.78, 5) is 18.7. The lowest BCUT2D eigenvalue weighted by Gasteiger charge is -2.25. The van der Waals surface area contributed by atoms with Crippen LogP contribution in [0, 0.1) is 0 Å². The molecule has 0 radical (unpaired) electrons. The zero-order valence-electron chi connectivity index (χ0n) is 13.4. The standard InChI is InChI=1S/C19H20ClN3O/c20-17-5-3-15(4-6-17)9-13-23(14-16-7-11-21-12-8-16)19(24)18-2-1-10-22-18/h1-8,11-12,18,22H,9-10,13-14H2/t18-/m1/s1. The van der Waals surface area contributed by atoms with Gasteiger partial charge in [0, 0.05) is 37.1 Å². The maximum atomic E-state index is 12.8. The van der Waals surface area contributed by atoms with E-state index in [1.165, 1.54) is 5.56 Å². The van der Waals surface area contributed by atoms with E-state index in [9.17, 15) is 4.79 Å². The number of nitrogens with one attached hydrogen (secondary N) is 1. The van der Waals surface area contributed by atoms with Crippen molar-refractivity contribution in [1.29, 1.82) is 0 Å². The molecule has 0 saturated carbocycles. The molecule has 3 rings (SSSR count). The Morgan fingerprint density at radius 1 is 1.17 bits per heavy atom. The van der Waals surface area contributed by atoms with Crippen LogP contribution in [0.15, 0.2) is 60.9 Å². The van der Waals surface area contributed by atoms with Gasteiger partial charge in [-0.05, 0) is 41.8 Å². The van der Waals surface area contributed by atoms with Gasteiger partial charge in [0.2, 0.25) is 5.91 Å². The van der Waals surface area contributed by atoms with Gasteiger partial charge in [0.05, 0.1) is 0 Å². The van der Waals surface area contributed by atoms with Crippen LogP contribution in [0.1, 0.15) is 11.1 Å². The molecule has 4 nitrogen and oxygen atoms in total. The lowest BCUT2D eigenvalue weighted by molar-refractivity contribution is -0.132. The third kappa shape index (κ3) is 4.43. The first-order chi connectivity index (χ1) is 11.7. The summed E-state index contributed by atoms with van der Waals surface area (Å²) in [6.07, 6.45) is 8.23. The van der Waals surface area contributed by atoms with E-state index in [-0.39, 0.29) is 11.9 Å². The predicted molar refractivity (Wildman–Crippen MR) is 95.7 cm³/mol. The maximum absolute atomic E-state index is 12.8. The molecule has 1 atom stereocenters. The fourth-order valence-corrected chi connectivity index (χ4v) is 2.85. The fraction of sp³-hybridized carbons (Fsp3) is 0.263. The van der Waals surface area contributed by atoms with Crippen LogP contribution in [0.3, 0.4) is 0 Å². The van der Waals surface area contributed by atoms with Crippen molar-refractivity contribution in [3.63, 3.8) is 0 Å². The van der Waals surface area contributed by atoms with Crippen molar-refractivity contribution in [2.75, 3.05) is 13.1 Å². The van der Waals surface area contributed by atoms with Crippen LogP contribution in [-0.4, -0.2) is 34.9 Å². The van der Waals surface area contributed by atoms with Crippen molar-refractivity contribution in [3.05, 3.63) is 77.1 Å². The molecule has 1 aliphatic heterocycles. The van der Waals surface area contributed by atoms with Gasteiger partial charge in [0.1, 0.15) is 6.04 Å². The van der Waals surface area contributed by atoms with Gasteiger partial charge in [-0.25, -0.2) is 0 Å². The summed E-state index contributed by atoms with van der Waals surface area (Å²) in [6, 6.07) is 11.4. The third-order valence-corrected chi connectivity index (χ3v) is 4.32. The van der Waals surface area contributed by atoms with Crippen molar-refractivity contribution in [3.8, 4) is 0 Å². The highest BCUT2D eigenvalue weighted by Crippen LogP contribution is 2.13. The summed E-state index contributed by atoms with van der Waals surface area (Å²) in [6.45, 7) is 1.99. The molecule has 124 valence electrons. The largest absolute Gasteiger partial charge is 0.336 e. The summed E-state index contributed by atoms with van der Waals surface area (Å²) in [5, 5.41) is 3.92. The Kier molecular flexibility index (Phi) is 5.62. The number of halogens is 1. The molecule has 0 unspecified atom stereocenters. The Morgan fingerprint density at radius 2 is 1.92 bits per heavy atom. The highest BCUT2D eigenvalue weighted by atomic mass is 35.5. The van der Waals surface area contributed by atoms with Gasteiger partial charge in [0.25, 0.3) is 0 Å². The Bertz CT molecular complexity index is 700. The SMILES string of the molecule is O=C([C@H]1C=CCN1)N(CCc1ccc(Cl)cc1)Cc1ccncc1. The first-order valence-electron chi connectivity index (χ1n) is 8.04. The molecule has 2 heterocycles. The minimum atomic E-state index is -0.225. The lowest BCUT2D eigenvalue weighted by atomic mass is 10.1. The quantitative estimate of drug-likeness (QED) is 0.822. The summed E-state index contributed by atoms with van der Waals surface area (Å²) >= 11 is 5.93. The molecule has 0 spiro atoms. The maximum Gasteiger partial charge on any atom is 0.244 e. The molecule has 0 saturated heterocycles. The zero-order valence-corrected chi connectivity index (χ0v) is 14.1. The topological polar surface area (TPSA) is 45.2 Å². The van der Waals surface area contributed by atoms with Gasteiger partial charge in [-0.15, -0.1) is 0 Å². The normalized spacial score (nSPS) is 16.3. The molecule has 1 aromatic heterocycles. The molecular formula is C19H20ClN3O. The molecule has 1 N–H and O–H groups in total. The van der Waals surface area contributed by atoms with Gasteiger partial charge in [-0.2, -0.15) is 0 Å². The number of pyridine rings is 1. The predicted octanol–water partition coefficient (Wildman–Crippen LogP) is 2.83. The monoisotopic (exact) mass is 341 g/mol. The molecule has 1 amide bonds. The van der Waals surface area contributed by atoms with Crippen LogP contribution in [0.2, 0.25) is 5.02 Å². The van der Waals surface area contributed by atoms with Gasteiger partial charge < -0.3 is 4.90 Å². The van der Waals surface area contributed by atoms with Gasteiger partial charge >= 0.3 is 0 Å². The van der Waals surface area contributed by atoms with Crippen LogP contribution in [-0.2, 0) is 17.8 Å². The number of amides is 1. The average molecular weight is 342 g/mol. The van der Waals surface area contributed by atoms with Gasteiger partial charge in [-0.3, -0.25) is 15.1 Å². The summed E-state index contributed by atoms with van der Waals surface area (Å²) in [7, 11) is 0. The molecule has 5 heteroatoms. The van der Waals surface area contributed by atoms with E-state index in [1.807, 2.05) is 53.5 Å². The van der Waals surface area contributed by atoms with Crippen molar-refractivity contribution in [2.45, 2.75) is 19.0 Å². The van der Waals surface area contributed by atoms with Crippen molar-refractivity contribution < 1.29 is 4.79 Å². The molecule has 0 fully saturated rings. The van der Waals surface area contributed by atoms with Crippen molar-refractivity contribution in [1.82, 2.24) is 15.2 Å². The highest BCUT2D eigenvalue weighted by Gasteiger charge is 2.23. The minimum Gasteiger partial charge on any atom is -0.336 e. The number of carbonyl (C=O) groups excluding carboxylic acids is 1. The van der Waals surface area contributed by atoms with E-state index in [0.717, 1.165) is 23.6 Å². The fourth-order valence-electron chi connectivity index (χ4n) is 2.72. The molecule has 0 aliphatic carbocycles. The lowest BCUT2D eigenvalue weighted by Crippen LogP contribution is -2.44. The van der Waals surface area contributed by atoms with E-state index in [2.05, 4.69) is 10.3 Å². The van der Waals surface area contributed by atoms with Gasteiger partial charge in [0.15, 0.2) is 0 Å². The summed E-state index contributed by atoms with van der Waals surface area (Å²) in [5.41, 5.74) is 2.25. The van der Waals surface area contributed by atoms with Crippen LogP contribution in [0.4, 0.5) is 0 Å². The Morgan fingerprint density at radius 3 is 2.58 bits per heavy atom. The molecule has 1 aliphatic rings. The van der Waals surface area contributed by atoms with Crippen LogP contribution in [0.25, 0.3) is 0 Å². The van der Waals surface area contributed by atoms with E-state index in [1.54, 1.807) is 12.4 Å². The number of benzene rings is 1. The number of hydrogen-bond acceptors (Lipinski definition) is 3. The Labute approximate surface area is 147 Å². The average Bonchev–Trinajstić information content (AvgIpc) is 3.15. The third-order valence-electron chi connectivity index (χ3n) is 4.07. The molecule has 2 aromatic rings. The second-order valence-electron chi connectivity index (χ2n) is 5.81. The van der Waals surface area contributed by atoms with E-state index < -0.39 is 0 Å². The molecular weight excluding hydrogens is 322 g/mol. The Balaban J connectivity index is 1.69. The van der Waals surface area contributed by atoms with E-state index >= 15 is 0 Å². The molecule has 24 heavy (non-hydrogen) atoms. The number of aromatic nitrogens is 1. The Hall–Kier alpha value is -2.17. The zero-order chi connectivity index (χ0) is 16.8. The number of nitrogens with zero attached hydrogens (tertiary/aromatic N) is 2. The first-order valence-corrected chi connectivity index (χ1v) is 8.42. The second-order valence-corrected chi connectivity index (χ2v) is 6.24. The van der Waals surface area contributed by atoms with Crippen LogP contribution >= 0.6 is 11.6 Å². The smallest absolute Gasteiger partial charge is 0.244 e. The minimum absolute atomic E-state index is 0.106. The summed E-state index contributed by atoms with van der Waals surface area (Å²) in [5.74, 6) is 0.106. The number of hydrogen-bond donors (Lipinski definition) is 1.